The lowest BCUT2D eigenvalue weighted by Gasteiger charge is -1.89. The van der Waals surface area contributed by atoms with Crippen molar-refractivity contribution in [1.82, 2.24) is 0 Å². The van der Waals surface area contributed by atoms with Gasteiger partial charge in [-0.1, -0.05) is 72.0 Å². The van der Waals surface area contributed by atoms with E-state index in [0.717, 1.165) is 8.58 Å². The zero-order valence-corrected chi connectivity index (χ0v) is 10.0. The van der Waals surface area contributed by atoms with Crippen molar-refractivity contribution in [3.63, 3.8) is 0 Å². The Morgan fingerprint density at radius 3 is 1.77 bits per heavy atom. The molecule has 0 radical (unpaired) electrons. The summed E-state index contributed by atoms with van der Waals surface area (Å²) >= 11 is 0. The van der Waals surface area contributed by atoms with Crippen molar-refractivity contribution < 1.29 is 0 Å². The van der Waals surface area contributed by atoms with Crippen molar-refractivity contribution >= 4 is 13.9 Å². The molecule has 0 saturated heterocycles. The van der Waals surface area contributed by atoms with Crippen LogP contribution in [0.25, 0.3) is 0 Å². The molecule has 0 saturated carbocycles. The Balaban J connectivity index is 0.000000252. The van der Waals surface area contributed by atoms with Gasteiger partial charge in [-0.25, -0.2) is 0 Å². The van der Waals surface area contributed by atoms with Crippen LogP contribution in [-0.4, -0.2) is 6.66 Å². The van der Waals surface area contributed by atoms with Crippen LogP contribution in [0.15, 0.2) is 30.3 Å². The van der Waals surface area contributed by atoms with E-state index in [-0.39, 0.29) is 0 Å². The third kappa shape index (κ3) is 7.99. The van der Waals surface area contributed by atoms with Gasteiger partial charge in [0.05, 0.1) is 0 Å². The van der Waals surface area contributed by atoms with Gasteiger partial charge in [0, 0.05) is 0 Å². The predicted molar refractivity (Wildman–Crippen MR) is 65.5 cm³/mol. The molecule has 0 N–H and O–H groups in total. The molecule has 0 amide bonds. The molecule has 0 spiro atoms. The minimum atomic E-state index is 0.930. The number of hydrogen-bond donors (Lipinski definition) is 0. The van der Waals surface area contributed by atoms with Crippen LogP contribution in [0.1, 0.15) is 33.1 Å². The monoisotopic (exact) mass is 196 g/mol. The highest BCUT2D eigenvalue weighted by atomic mass is 31.1. The summed E-state index contributed by atoms with van der Waals surface area (Å²) in [5.74, 6) is 0. The first-order chi connectivity index (χ1) is 6.35. The fourth-order valence-electron chi connectivity index (χ4n) is 0.958. The topological polar surface area (TPSA) is 0 Å². The second-order valence-corrected chi connectivity index (χ2v) is 4.05. The molecule has 1 atom stereocenters. The molecule has 1 unspecified atom stereocenters. The van der Waals surface area contributed by atoms with E-state index < -0.39 is 0 Å². The van der Waals surface area contributed by atoms with E-state index in [4.69, 9.17) is 0 Å². The Hall–Kier alpha value is -0.350. The molecule has 0 aliphatic heterocycles. The minimum Gasteiger partial charge on any atom is -0.0936 e. The second kappa shape index (κ2) is 9.74. The SMILES string of the molecule is CCCCC.CPc1ccccc1. The van der Waals surface area contributed by atoms with Crippen molar-refractivity contribution in [3.8, 4) is 0 Å². The summed E-state index contributed by atoms with van der Waals surface area (Å²) in [4.78, 5) is 0. The molecule has 0 bridgehead atoms. The normalized spacial score (nSPS) is 9.77. The maximum Gasteiger partial charge on any atom is -0.0274 e. The van der Waals surface area contributed by atoms with E-state index in [1.54, 1.807) is 0 Å². The predicted octanol–water partition coefficient (Wildman–Crippen LogP) is 3.82. The van der Waals surface area contributed by atoms with Crippen LogP contribution in [-0.2, 0) is 0 Å². The summed E-state index contributed by atoms with van der Waals surface area (Å²) in [6, 6.07) is 10.5. The summed E-state index contributed by atoms with van der Waals surface area (Å²) in [6.45, 7) is 6.61. The van der Waals surface area contributed by atoms with Crippen molar-refractivity contribution in [2.75, 3.05) is 6.66 Å². The fraction of sp³-hybridized carbons (Fsp3) is 0.500. The molecule has 1 rings (SSSR count). The smallest absolute Gasteiger partial charge is 0.0274 e. The molecular formula is C12H21P. The lowest BCUT2D eigenvalue weighted by atomic mass is 10.3. The summed E-state index contributed by atoms with van der Waals surface area (Å²) in [7, 11) is 0.930. The second-order valence-electron chi connectivity index (χ2n) is 2.97. The van der Waals surface area contributed by atoms with E-state index in [2.05, 4.69) is 44.8 Å². The first kappa shape index (κ1) is 12.7. The van der Waals surface area contributed by atoms with E-state index in [0.29, 0.717) is 0 Å². The Kier molecular flexibility index (Phi) is 9.47. The van der Waals surface area contributed by atoms with Gasteiger partial charge in [-0.15, -0.1) is 0 Å². The number of unbranched alkanes of at least 4 members (excludes halogenated alkanes) is 2. The lowest BCUT2D eigenvalue weighted by Crippen LogP contribution is -1.87. The van der Waals surface area contributed by atoms with Crippen LogP contribution < -0.4 is 5.30 Å². The van der Waals surface area contributed by atoms with Crippen molar-refractivity contribution in [2.24, 2.45) is 0 Å². The molecule has 74 valence electrons. The Morgan fingerprint density at radius 1 is 1.00 bits per heavy atom. The van der Waals surface area contributed by atoms with E-state index in [1.807, 2.05) is 6.07 Å². The van der Waals surface area contributed by atoms with E-state index in [1.165, 1.54) is 24.6 Å². The van der Waals surface area contributed by atoms with Crippen LogP contribution in [0, 0.1) is 0 Å². The van der Waals surface area contributed by atoms with Crippen LogP contribution in [0.5, 0.6) is 0 Å². The standard InChI is InChI=1S/C7H9P.C5H12/c1-8-7-5-3-2-4-6-7;1-3-5-4-2/h2-6,8H,1H3;3-5H2,1-2H3. The highest BCUT2D eigenvalue weighted by Gasteiger charge is 1.79. The van der Waals surface area contributed by atoms with Gasteiger partial charge >= 0.3 is 0 Å². The van der Waals surface area contributed by atoms with Gasteiger partial charge in [-0.05, 0) is 12.0 Å². The molecule has 1 heteroatoms. The molecule has 0 nitrogen and oxygen atoms in total. The molecular weight excluding hydrogens is 175 g/mol. The van der Waals surface area contributed by atoms with Crippen molar-refractivity contribution in [1.29, 1.82) is 0 Å². The van der Waals surface area contributed by atoms with Crippen LogP contribution in [0.2, 0.25) is 0 Å². The zero-order chi connectivity index (χ0) is 9.94. The Bertz CT molecular complexity index is 180. The first-order valence-corrected chi connectivity index (χ1v) is 6.57. The van der Waals surface area contributed by atoms with Gasteiger partial charge in [0.15, 0.2) is 0 Å². The average Bonchev–Trinajstić information content (AvgIpc) is 2.21. The number of rotatable bonds is 3. The summed E-state index contributed by atoms with van der Waals surface area (Å²) < 4.78 is 0. The summed E-state index contributed by atoms with van der Waals surface area (Å²) in [6.07, 6.45) is 4.08. The number of hydrogen-bond acceptors (Lipinski definition) is 0. The van der Waals surface area contributed by atoms with Gasteiger partial charge in [0.2, 0.25) is 0 Å². The Labute approximate surface area is 84.5 Å². The molecule has 0 fully saturated rings. The van der Waals surface area contributed by atoms with Gasteiger partial charge in [0.1, 0.15) is 0 Å². The third-order valence-corrected chi connectivity index (χ3v) is 2.68. The fourth-order valence-corrected chi connectivity index (χ4v) is 1.48. The maximum absolute atomic E-state index is 2.21. The first-order valence-electron chi connectivity index (χ1n) is 5.07. The Morgan fingerprint density at radius 2 is 1.54 bits per heavy atom. The average molecular weight is 196 g/mol. The van der Waals surface area contributed by atoms with Gasteiger partial charge in [0.25, 0.3) is 0 Å². The molecule has 0 aliphatic carbocycles. The molecule has 1 aromatic carbocycles. The highest BCUT2D eigenvalue weighted by molar-refractivity contribution is 7.46. The number of benzene rings is 1. The van der Waals surface area contributed by atoms with Gasteiger partial charge in [-0.3, -0.25) is 0 Å². The van der Waals surface area contributed by atoms with Crippen LogP contribution >= 0.6 is 8.58 Å². The van der Waals surface area contributed by atoms with Crippen molar-refractivity contribution in [3.05, 3.63) is 30.3 Å². The minimum absolute atomic E-state index is 0.930. The van der Waals surface area contributed by atoms with Gasteiger partial charge < -0.3 is 0 Å². The lowest BCUT2D eigenvalue weighted by molar-refractivity contribution is 0.772. The quantitative estimate of drug-likeness (QED) is 0.645. The maximum atomic E-state index is 2.21. The molecule has 0 aliphatic rings. The zero-order valence-electron chi connectivity index (χ0n) is 9.01. The molecule has 0 aromatic heterocycles. The third-order valence-electron chi connectivity index (χ3n) is 1.77. The molecule has 0 heterocycles. The van der Waals surface area contributed by atoms with E-state index in [9.17, 15) is 0 Å². The van der Waals surface area contributed by atoms with Crippen LogP contribution in [0.4, 0.5) is 0 Å². The van der Waals surface area contributed by atoms with E-state index >= 15 is 0 Å². The summed E-state index contributed by atoms with van der Waals surface area (Å²) in [5, 5.41) is 1.44. The highest BCUT2D eigenvalue weighted by Crippen LogP contribution is 2.00. The summed E-state index contributed by atoms with van der Waals surface area (Å²) in [5.41, 5.74) is 0. The van der Waals surface area contributed by atoms with Gasteiger partial charge in [-0.2, -0.15) is 0 Å². The molecule has 13 heavy (non-hydrogen) atoms. The molecule has 1 aromatic rings. The van der Waals surface area contributed by atoms with Crippen molar-refractivity contribution in [2.45, 2.75) is 33.1 Å². The van der Waals surface area contributed by atoms with Crippen LogP contribution in [0.3, 0.4) is 0 Å². The largest absolute Gasteiger partial charge is 0.0936 e.